The van der Waals surface area contributed by atoms with Crippen LogP contribution in [-0.2, 0) is 10.0 Å². The topological polar surface area (TPSA) is 58.2 Å². The maximum absolute atomic E-state index is 13.5. The number of benzene rings is 1. The van der Waals surface area contributed by atoms with Crippen LogP contribution in [0.4, 0.5) is 17.6 Å². The third-order valence-corrected chi connectivity index (χ3v) is 4.74. The fraction of sp³-hybridized carbons (Fsp3) is 0.500. The van der Waals surface area contributed by atoms with Gasteiger partial charge in [-0.25, -0.2) is 30.7 Å². The Kier molecular flexibility index (Phi) is 6.60. The number of nitrogens with one attached hydrogen (secondary N) is 2. The molecule has 0 radical (unpaired) electrons. The molecule has 1 unspecified atom stereocenters. The number of hydrogen-bond acceptors (Lipinski definition) is 3. The van der Waals surface area contributed by atoms with Gasteiger partial charge in [-0.3, -0.25) is 0 Å². The van der Waals surface area contributed by atoms with E-state index in [-0.39, 0.29) is 30.9 Å². The minimum atomic E-state index is -4.67. The van der Waals surface area contributed by atoms with Crippen molar-refractivity contribution in [3.8, 4) is 0 Å². The van der Waals surface area contributed by atoms with E-state index in [4.69, 9.17) is 0 Å². The Hall–Kier alpha value is -0.900. The van der Waals surface area contributed by atoms with E-state index in [0.29, 0.717) is 6.54 Å². The number of halogens is 5. The summed E-state index contributed by atoms with van der Waals surface area (Å²) in [4.78, 5) is -1.62. The molecule has 1 fully saturated rings. The van der Waals surface area contributed by atoms with Gasteiger partial charge >= 0.3 is 0 Å². The van der Waals surface area contributed by atoms with Gasteiger partial charge in [-0.05, 0) is 31.8 Å². The van der Waals surface area contributed by atoms with Crippen LogP contribution in [0.5, 0.6) is 0 Å². The first-order chi connectivity index (χ1) is 9.83. The predicted octanol–water partition coefficient (Wildman–Crippen LogP) is 1.94. The minimum Gasteiger partial charge on any atom is -0.316 e. The average Bonchev–Trinajstić information content (AvgIpc) is 2.44. The summed E-state index contributed by atoms with van der Waals surface area (Å²) in [6.45, 7) is 1.32. The molecule has 4 nitrogen and oxygen atoms in total. The SMILES string of the molecule is Cl.O=S(=O)(NCC1CCCNC1)c1c(F)c(F)cc(F)c1F. The molecule has 0 spiro atoms. The Morgan fingerprint density at radius 1 is 1.18 bits per heavy atom. The molecule has 1 aliphatic rings. The fourth-order valence-electron chi connectivity index (χ4n) is 2.19. The first-order valence-corrected chi connectivity index (χ1v) is 7.84. The maximum Gasteiger partial charge on any atom is 0.246 e. The molecule has 1 heterocycles. The van der Waals surface area contributed by atoms with E-state index in [9.17, 15) is 26.0 Å². The van der Waals surface area contributed by atoms with E-state index in [1.165, 1.54) is 0 Å². The van der Waals surface area contributed by atoms with Crippen LogP contribution in [0.2, 0.25) is 0 Å². The van der Waals surface area contributed by atoms with Gasteiger partial charge in [0.2, 0.25) is 10.0 Å². The molecule has 1 atom stereocenters. The number of hydrogen-bond donors (Lipinski definition) is 2. The zero-order valence-electron chi connectivity index (χ0n) is 11.3. The Morgan fingerprint density at radius 2 is 1.77 bits per heavy atom. The van der Waals surface area contributed by atoms with Gasteiger partial charge in [0, 0.05) is 12.6 Å². The highest BCUT2D eigenvalue weighted by Crippen LogP contribution is 2.23. The van der Waals surface area contributed by atoms with Gasteiger partial charge in [-0.2, -0.15) is 0 Å². The number of sulfonamides is 1. The van der Waals surface area contributed by atoms with E-state index >= 15 is 0 Å². The van der Waals surface area contributed by atoms with Gasteiger partial charge in [0.15, 0.2) is 28.2 Å². The zero-order chi connectivity index (χ0) is 15.6. The molecule has 1 aromatic carbocycles. The van der Waals surface area contributed by atoms with E-state index in [2.05, 4.69) is 5.32 Å². The second kappa shape index (κ2) is 7.58. The van der Waals surface area contributed by atoms with Gasteiger partial charge in [0.25, 0.3) is 0 Å². The molecule has 126 valence electrons. The molecule has 1 saturated heterocycles. The second-order valence-electron chi connectivity index (χ2n) is 4.86. The molecule has 2 rings (SSSR count). The average molecular weight is 363 g/mol. The lowest BCUT2D eigenvalue weighted by Gasteiger charge is -2.22. The summed E-state index contributed by atoms with van der Waals surface area (Å²) >= 11 is 0. The zero-order valence-corrected chi connectivity index (χ0v) is 13.0. The largest absolute Gasteiger partial charge is 0.316 e. The van der Waals surface area contributed by atoms with Crippen molar-refractivity contribution in [3.63, 3.8) is 0 Å². The van der Waals surface area contributed by atoms with Gasteiger partial charge in [0.1, 0.15) is 0 Å². The Morgan fingerprint density at radius 3 is 2.27 bits per heavy atom. The molecule has 2 N–H and O–H groups in total. The monoisotopic (exact) mass is 362 g/mol. The summed E-state index contributed by atoms with van der Waals surface area (Å²) in [6, 6.07) is -0.0330. The lowest BCUT2D eigenvalue weighted by Crippen LogP contribution is -2.38. The third kappa shape index (κ3) is 4.09. The minimum absolute atomic E-state index is 0. The molecular formula is C12H15ClF4N2O2S. The number of rotatable bonds is 4. The predicted molar refractivity (Wildman–Crippen MR) is 74.3 cm³/mol. The van der Waals surface area contributed by atoms with Crippen molar-refractivity contribution >= 4 is 22.4 Å². The van der Waals surface area contributed by atoms with Crippen LogP contribution in [0.25, 0.3) is 0 Å². The van der Waals surface area contributed by atoms with E-state index in [1.807, 2.05) is 4.72 Å². The van der Waals surface area contributed by atoms with E-state index in [1.54, 1.807) is 0 Å². The Balaban J connectivity index is 0.00000242. The molecule has 0 amide bonds. The first-order valence-electron chi connectivity index (χ1n) is 6.36. The van der Waals surface area contributed by atoms with Crippen LogP contribution in [0.3, 0.4) is 0 Å². The van der Waals surface area contributed by atoms with Crippen molar-refractivity contribution in [1.82, 2.24) is 10.0 Å². The van der Waals surface area contributed by atoms with Crippen molar-refractivity contribution in [2.24, 2.45) is 5.92 Å². The lowest BCUT2D eigenvalue weighted by molar-refractivity contribution is 0.374. The Labute approximate surface area is 131 Å². The van der Waals surface area contributed by atoms with Gasteiger partial charge < -0.3 is 5.32 Å². The fourth-order valence-corrected chi connectivity index (χ4v) is 3.45. The summed E-state index contributed by atoms with van der Waals surface area (Å²) in [5.41, 5.74) is 0. The molecule has 0 saturated carbocycles. The third-order valence-electron chi connectivity index (χ3n) is 3.30. The smallest absolute Gasteiger partial charge is 0.246 e. The molecule has 1 aromatic rings. The summed E-state index contributed by atoms with van der Waals surface area (Å²) in [6.07, 6.45) is 1.60. The summed E-state index contributed by atoms with van der Waals surface area (Å²) in [5.74, 6) is -7.41. The van der Waals surface area contributed by atoms with Crippen LogP contribution >= 0.6 is 12.4 Å². The van der Waals surface area contributed by atoms with Crippen molar-refractivity contribution in [2.45, 2.75) is 17.7 Å². The molecule has 0 bridgehead atoms. The summed E-state index contributed by atoms with van der Waals surface area (Å²) in [7, 11) is -4.67. The van der Waals surface area contributed by atoms with Crippen LogP contribution in [0.15, 0.2) is 11.0 Å². The normalized spacial score (nSPS) is 18.8. The van der Waals surface area contributed by atoms with Crippen LogP contribution in [-0.4, -0.2) is 28.1 Å². The van der Waals surface area contributed by atoms with Gasteiger partial charge in [0.05, 0.1) is 0 Å². The standard InChI is InChI=1S/C12H14F4N2O2S.ClH/c13-8-4-9(14)11(16)12(10(8)15)21(19,20)18-6-7-2-1-3-17-5-7;/h4,7,17-18H,1-3,5-6H2;1H. The van der Waals surface area contributed by atoms with Gasteiger partial charge in [-0.1, -0.05) is 0 Å². The van der Waals surface area contributed by atoms with Gasteiger partial charge in [-0.15, -0.1) is 12.4 Å². The van der Waals surface area contributed by atoms with Crippen molar-refractivity contribution in [3.05, 3.63) is 29.3 Å². The quantitative estimate of drug-likeness (QED) is 0.636. The highest BCUT2D eigenvalue weighted by Gasteiger charge is 2.30. The maximum atomic E-state index is 13.5. The molecule has 0 aromatic heterocycles. The lowest BCUT2D eigenvalue weighted by atomic mass is 10.0. The Bertz CT molecular complexity index is 610. The molecule has 1 aliphatic heterocycles. The first kappa shape index (κ1) is 19.1. The summed E-state index contributed by atoms with van der Waals surface area (Å²) < 4.78 is 78.9. The second-order valence-corrected chi connectivity index (χ2v) is 6.57. The van der Waals surface area contributed by atoms with E-state index in [0.717, 1.165) is 19.4 Å². The van der Waals surface area contributed by atoms with Crippen LogP contribution in [0, 0.1) is 29.2 Å². The molecule has 10 heteroatoms. The summed E-state index contributed by atoms with van der Waals surface area (Å²) in [5, 5.41) is 3.05. The molecule has 22 heavy (non-hydrogen) atoms. The van der Waals surface area contributed by atoms with Crippen molar-refractivity contribution in [1.29, 1.82) is 0 Å². The molecular weight excluding hydrogens is 348 g/mol. The van der Waals surface area contributed by atoms with Crippen molar-refractivity contribution < 1.29 is 26.0 Å². The highest BCUT2D eigenvalue weighted by molar-refractivity contribution is 7.89. The van der Waals surface area contributed by atoms with Crippen LogP contribution < -0.4 is 10.0 Å². The van der Waals surface area contributed by atoms with Crippen LogP contribution in [0.1, 0.15) is 12.8 Å². The highest BCUT2D eigenvalue weighted by atomic mass is 35.5. The number of piperidine rings is 1. The van der Waals surface area contributed by atoms with E-state index < -0.39 is 38.2 Å². The molecule has 0 aliphatic carbocycles. The van der Waals surface area contributed by atoms with Crippen molar-refractivity contribution in [2.75, 3.05) is 19.6 Å².